The molecular formula is C18H29N3O3. The van der Waals surface area contributed by atoms with E-state index in [4.69, 9.17) is 4.74 Å². The first kappa shape index (κ1) is 16.3. The van der Waals surface area contributed by atoms with Crippen molar-refractivity contribution in [2.24, 2.45) is 23.7 Å². The maximum absolute atomic E-state index is 12.7. The lowest BCUT2D eigenvalue weighted by Gasteiger charge is -2.44. The van der Waals surface area contributed by atoms with Gasteiger partial charge in [-0.15, -0.1) is 0 Å². The maximum atomic E-state index is 12.7. The highest BCUT2D eigenvalue weighted by Gasteiger charge is 2.44. The van der Waals surface area contributed by atoms with Crippen LogP contribution in [-0.4, -0.2) is 74.1 Å². The smallest absolute Gasteiger partial charge is 0.248 e. The van der Waals surface area contributed by atoms with Gasteiger partial charge in [0.15, 0.2) is 0 Å². The summed E-state index contributed by atoms with van der Waals surface area (Å²) < 4.78 is 4.95. The van der Waals surface area contributed by atoms with Crippen molar-refractivity contribution in [3.05, 3.63) is 0 Å². The minimum atomic E-state index is 0.0970. The van der Waals surface area contributed by atoms with Crippen LogP contribution in [0.3, 0.4) is 0 Å². The Bertz CT molecular complexity index is 490. The van der Waals surface area contributed by atoms with Crippen LogP contribution in [0.5, 0.6) is 0 Å². The third kappa shape index (κ3) is 3.06. The van der Waals surface area contributed by atoms with Crippen LogP contribution in [0.25, 0.3) is 0 Å². The van der Waals surface area contributed by atoms with E-state index >= 15 is 0 Å². The van der Waals surface area contributed by atoms with Crippen LogP contribution in [0.4, 0.5) is 0 Å². The van der Waals surface area contributed by atoms with Gasteiger partial charge in [0.1, 0.15) is 6.61 Å². The van der Waals surface area contributed by atoms with Gasteiger partial charge >= 0.3 is 0 Å². The molecule has 0 aromatic carbocycles. The van der Waals surface area contributed by atoms with Crippen molar-refractivity contribution in [1.29, 1.82) is 0 Å². The van der Waals surface area contributed by atoms with Crippen molar-refractivity contribution >= 4 is 11.8 Å². The molecule has 2 amide bonds. The molecule has 1 aliphatic carbocycles. The van der Waals surface area contributed by atoms with Gasteiger partial charge in [-0.05, 0) is 56.5 Å². The number of carbonyl (C=O) groups excluding carboxylic acids is 2. The number of piperidine rings is 3. The average Bonchev–Trinajstić information content (AvgIpc) is 3.14. The number of hydrogen-bond acceptors (Lipinski definition) is 4. The highest BCUT2D eigenvalue weighted by molar-refractivity contribution is 5.80. The Kier molecular flexibility index (Phi) is 4.52. The van der Waals surface area contributed by atoms with Gasteiger partial charge in [-0.2, -0.15) is 0 Å². The summed E-state index contributed by atoms with van der Waals surface area (Å²) in [5.74, 6) is 2.26. The molecule has 5 fully saturated rings. The molecule has 3 unspecified atom stereocenters. The molecule has 4 heterocycles. The van der Waals surface area contributed by atoms with Crippen molar-refractivity contribution in [1.82, 2.24) is 15.1 Å². The number of hydrogen-bond donors (Lipinski definition) is 1. The summed E-state index contributed by atoms with van der Waals surface area (Å²) in [4.78, 5) is 29.0. The molecule has 2 bridgehead atoms. The number of rotatable bonds is 4. The molecule has 0 aromatic heterocycles. The number of nitrogens with one attached hydrogen (secondary N) is 1. The standard InChI is InChI=1S/C18H29N3O3/c1-24-11-17(22)21-8-13-6-15(7-14(13)9-21)19-18(23)16-10-20-4-2-12(16)3-5-20/h12-16H,2-11H2,1H3,(H,19,23). The monoisotopic (exact) mass is 335 g/mol. The fourth-order valence-electron chi connectivity index (χ4n) is 5.41. The molecule has 3 atom stereocenters. The Balaban J connectivity index is 1.27. The molecular weight excluding hydrogens is 306 g/mol. The summed E-state index contributed by atoms with van der Waals surface area (Å²) in [6, 6.07) is 0.308. The second kappa shape index (κ2) is 6.64. The number of fused-ring (bicyclic) bond motifs is 4. The minimum Gasteiger partial charge on any atom is -0.375 e. The Morgan fingerprint density at radius 2 is 1.71 bits per heavy atom. The Hall–Kier alpha value is -1.14. The fraction of sp³-hybridized carbons (Fsp3) is 0.889. The summed E-state index contributed by atoms with van der Waals surface area (Å²) in [5.41, 5.74) is 0. The molecule has 0 spiro atoms. The van der Waals surface area contributed by atoms with E-state index in [1.165, 1.54) is 25.9 Å². The van der Waals surface area contributed by atoms with Crippen molar-refractivity contribution in [3.63, 3.8) is 0 Å². The van der Waals surface area contributed by atoms with Crippen molar-refractivity contribution < 1.29 is 14.3 Å². The molecule has 6 heteroatoms. The first-order valence-electron chi connectivity index (χ1n) is 9.43. The molecule has 0 radical (unpaired) electrons. The van der Waals surface area contributed by atoms with Crippen molar-refractivity contribution in [2.45, 2.75) is 31.7 Å². The van der Waals surface area contributed by atoms with E-state index in [0.717, 1.165) is 32.5 Å². The van der Waals surface area contributed by atoms with E-state index in [0.29, 0.717) is 23.8 Å². The third-order valence-corrected chi connectivity index (χ3v) is 6.71. The van der Waals surface area contributed by atoms with Gasteiger partial charge in [0.25, 0.3) is 0 Å². The number of amides is 2. The zero-order valence-electron chi connectivity index (χ0n) is 14.6. The predicted octanol–water partition coefficient (Wildman–Crippen LogP) is 0.328. The molecule has 5 rings (SSSR count). The van der Waals surface area contributed by atoms with Crippen LogP contribution in [0.2, 0.25) is 0 Å². The molecule has 6 nitrogen and oxygen atoms in total. The first-order valence-corrected chi connectivity index (χ1v) is 9.43. The van der Waals surface area contributed by atoms with Crippen molar-refractivity contribution in [2.75, 3.05) is 46.4 Å². The van der Waals surface area contributed by atoms with E-state index < -0.39 is 0 Å². The van der Waals surface area contributed by atoms with Gasteiger partial charge in [-0.3, -0.25) is 9.59 Å². The number of likely N-dealkylation sites (tertiary alicyclic amines) is 1. The average molecular weight is 335 g/mol. The summed E-state index contributed by atoms with van der Waals surface area (Å²) in [6.45, 7) is 5.15. The number of carbonyl (C=O) groups is 2. The molecule has 24 heavy (non-hydrogen) atoms. The summed E-state index contributed by atoms with van der Waals surface area (Å²) >= 11 is 0. The Morgan fingerprint density at radius 3 is 2.25 bits per heavy atom. The SMILES string of the molecule is COCC(=O)N1CC2CC(NC(=O)C3CN4CCC3CC4)CC2C1. The van der Waals surface area contributed by atoms with E-state index in [2.05, 4.69) is 10.2 Å². The lowest BCUT2D eigenvalue weighted by molar-refractivity contribution is -0.135. The zero-order valence-corrected chi connectivity index (χ0v) is 14.6. The Morgan fingerprint density at radius 1 is 1.04 bits per heavy atom. The molecule has 4 aliphatic heterocycles. The van der Waals surface area contributed by atoms with Crippen LogP contribution in [0.1, 0.15) is 25.7 Å². The number of ether oxygens (including phenoxy) is 1. The second-order valence-corrected chi connectivity index (χ2v) is 8.17. The lowest BCUT2D eigenvalue weighted by atomic mass is 9.78. The van der Waals surface area contributed by atoms with E-state index in [1.54, 1.807) is 7.11 Å². The largest absolute Gasteiger partial charge is 0.375 e. The van der Waals surface area contributed by atoms with Crippen molar-refractivity contribution in [3.8, 4) is 0 Å². The van der Waals surface area contributed by atoms with E-state index in [9.17, 15) is 9.59 Å². The topological polar surface area (TPSA) is 61.9 Å². The summed E-state index contributed by atoms with van der Waals surface area (Å²) in [6.07, 6.45) is 4.41. The van der Waals surface area contributed by atoms with Crippen LogP contribution >= 0.6 is 0 Å². The lowest BCUT2D eigenvalue weighted by Crippen LogP contribution is -2.53. The first-order chi connectivity index (χ1) is 11.6. The molecule has 1 N–H and O–H groups in total. The van der Waals surface area contributed by atoms with Crippen LogP contribution in [-0.2, 0) is 14.3 Å². The van der Waals surface area contributed by atoms with E-state index in [-0.39, 0.29) is 24.3 Å². The van der Waals surface area contributed by atoms with Gasteiger partial charge in [0.2, 0.25) is 11.8 Å². The zero-order chi connectivity index (χ0) is 16.7. The quantitative estimate of drug-likeness (QED) is 0.804. The number of nitrogens with zero attached hydrogens (tertiary/aromatic N) is 2. The van der Waals surface area contributed by atoms with Gasteiger partial charge < -0.3 is 19.9 Å². The van der Waals surface area contributed by atoms with Gasteiger partial charge in [-0.25, -0.2) is 0 Å². The number of methoxy groups -OCH3 is 1. The molecule has 5 aliphatic rings. The minimum absolute atomic E-state index is 0.0970. The molecule has 134 valence electrons. The molecule has 4 saturated heterocycles. The maximum Gasteiger partial charge on any atom is 0.248 e. The third-order valence-electron chi connectivity index (χ3n) is 6.71. The van der Waals surface area contributed by atoms with Gasteiger partial charge in [0, 0.05) is 32.8 Å². The summed E-state index contributed by atoms with van der Waals surface area (Å²) in [7, 11) is 1.56. The highest BCUT2D eigenvalue weighted by atomic mass is 16.5. The molecule has 0 aromatic rings. The summed E-state index contributed by atoms with van der Waals surface area (Å²) in [5, 5.41) is 3.34. The van der Waals surface area contributed by atoms with Gasteiger partial charge in [-0.1, -0.05) is 0 Å². The molecule has 1 saturated carbocycles. The fourth-order valence-corrected chi connectivity index (χ4v) is 5.41. The Labute approximate surface area is 143 Å². The predicted molar refractivity (Wildman–Crippen MR) is 89.3 cm³/mol. The van der Waals surface area contributed by atoms with Crippen LogP contribution in [0, 0.1) is 23.7 Å². The normalized spacial score (nSPS) is 40.6. The van der Waals surface area contributed by atoms with E-state index in [1.807, 2.05) is 4.90 Å². The van der Waals surface area contributed by atoms with Crippen LogP contribution in [0.15, 0.2) is 0 Å². The van der Waals surface area contributed by atoms with Gasteiger partial charge in [0.05, 0.1) is 5.92 Å². The highest BCUT2D eigenvalue weighted by Crippen LogP contribution is 2.39. The van der Waals surface area contributed by atoms with Crippen LogP contribution < -0.4 is 5.32 Å². The second-order valence-electron chi connectivity index (χ2n) is 8.17.